The summed E-state index contributed by atoms with van der Waals surface area (Å²) in [5.41, 5.74) is 1.71. The van der Waals surface area contributed by atoms with E-state index < -0.39 is 5.82 Å². The lowest BCUT2D eigenvalue weighted by molar-refractivity contribution is -0.119. The van der Waals surface area contributed by atoms with Gasteiger partial charge in [0.15, 0.2) is 0 Å². The molecule has 25 heavy (non-hydrogen) atoms. The maximum Gasteiger partial charge on any atom is 0.231 e. The fourth-order valence-electron chi connectivity index (χ4n) is 2.91. The van der Waals surface area contributed by atoms with E-state index in [2.05, 4.69) is 5.32 Å². The Morgan fingerprint density at radius 1 is 1.32 bits per heavy atom. The average molecular weight is 342 g/mol. The molecule has 0 aromatic heterocycles. The summed E-state index contributed by atoms with van der Waals surface area (Å²) in [5, 5.41) is 2.84. The van der Waals surface area contributed by atoms with Gasteiger partial charge in [-0.1, -0.05) is 19.1 Å². The maximum atomic E-state index is 13.6. The number of anilines is 2. The lowest BCUT2D eigenvalue weighted by Gasteiger charge is -2.24. The normalized spacial score (nSPS) is 16.7. The zero-order valence-corrected chi connectivity index (χ0v) is 14.1. The number of amides is 2. The summed E-state index contributed by atoms with van der Waals surface area (Å²) in [6.07, 6.45) is -0.0177. The molecule has 1 N–H and O–H groups in total. The van der Waals surface area contributed by atoms with Gasteiger partial charge in [-0.2, -0.15) is 0 Å². The molecule has 0 radical (unpaired) electrons. The van der Waals surface area contributed by atoms with Crippen LogP contribution < -0.4 is 15.0 Å². The first-order valence-electron chi connectivity index (χ1n) is 8.02. The molecule has 0 fully saturated rings. The molecule has 1 aliphatic heterocycles. The molecule has 2 aromatic rings. The van der Waals surface area contributed by atoms with Gasteiger partial charge in [-0.05, 0) is 30.3 Å². The Hall–Kier alpha value is -2.89. The van der Waals surface area contributed by atoms with Crippen LogP contribution in [0.25, 0.3) is 0 Å². The van der Waals surface area contributed by atoms with Crippen molar-refractivity contribution in [3.63, 3.8) is 0 Å². The molecule has 2 amide bonds. The Labute approximate surface area is 145 Å². The number of carbonyl (C=O) groups is 2. The number of hydrogen-bond donors (Lipinski definition) is 1. The lowest BCUT2D eigenvalue weighted by atomic mass is 10.1. The molecule has 3 rings (SSSR count). The number of carbonyl (C=O) groups excluding carboxylic acids is 2. The van der Waals surface area contributed by atoms with Crippen LogP contribution in [0, 0.1) is 11.7 Å². The van der Waals surface area contributed by atoms with Crippen LogP contribution in [0.15, 0.2) is 42.5 Å². The van der Waals surface area contributed by atoms with Crippen molar-refractivity contribution < 1.29 is 18.7 Å². The fourth-order valence-corrected chi connectivity index (χ4v) is 2.91. The number of nitrogens with one attached hydrogen (secondary N) is 1. The van der Waals surface area contributed by atoms with E-state index in [1.54, 1.807) is 30.0 Å². The summed E-state index contributed by atoms with van der Waals surface area (Å²) in [6.45, 7) is 2.03. The van der Waals surface area contributed by atoms with Crippen molar-refractivity contribution in [1.82, 2.24) is 0 Å². The summed E-state index contributed by atoms with van der Waals surface area (Å²) in [4.78, 5) is 26.6. The SMILES string of the molecule is COc1ccc(F)cc1CC(=O)N1C[C@@H](C)C(=O)Nc2ccccc21. The van der Waals surface area contributed by atoms with E-state index in [0.29, 0.717) is 22.7 Å². The molecular formula is C19H19FN2O3. The zero-order chi connectivity index (χ0) is 18.0. The number of benzene rings is 2. The quantitative estimate of drug-likeness (QED) is 0.933. The van der Waals surface area contributed by atoms with Gasteiger partial charge in [0, 0.05) is 12.1 Å². The number of rotatable bonds is 3. The number of halogens is 1. The van der Waals surface area contributed by atoms with Crippen LogP contribution in [-0.2, 0) is 16.0 Å². The molecule has 5 nitrogen and oxygen atoms in total. The maximum absolute atomic E-state index is 13.6. The number of para-hydroxylation sites is 2. The second kappa shape index (κ2) is 6.93. The summed E-state index contributed by atoms with van der Waals surface area (Å²) in [7, 11) is 1.48. The standard InChI is InChI=1S/C19H19FN2O3/c1-12-11-22(16-6-4-3-5-15(16)21-19(12)24)18(23)10-13-9-14(20)7-8-17(13)25-2/h3-9,12H,10-11H2,1-2H3,(H,21,24)/t12-/m1/s1. The van der Waals surface area contributed by atoms with Crippen molar-refractivity contribution in [2.75, 3.05) is 23.9 Å². The fraction of sp³-hybridized carbons (Fsp3) is 0.263. The van der Waals surface area contributed by atoms with E-state index in [0.717, 1.165) is 0 Å². The van der Waals surface area contributed by atoms with Crippen molar-refractivity contribution in [3.8, 4) is 5.75 Å². The third kappa shape index (κ3) is 3.47. The van der Waals surface area contributed by atoms with Crippen LogP contribution in [-0.4, -0.2) is 25.5 Å². The van der Waals surface area contributed by atoms with E-state index in [1.807, 2.05) is 6.07 Å². The van der Waals surface area contributed by atoms with Crippen molar-refractivity contribution in [2.24, 2.45) is 5.92 Å². The van der Waals surface area contributed by atoms with Crippen LogP contribution >= 0.6 is 0 Å². The Morgan fingerprint density at radius 3 is 2.84 bits per heavy atom. The third-order valence-electron chi connectivity index (χ3n) is 4.24. The van der Waals surface area contributed by atoms with Gasteiger partial charge in [0.05, 0.1) is 30.8 Å². The summed E-state index contributed by atoms with van der Waals surface area (Å²) in [6, 6.07) is 11.2. The van der Waals surface area contributed by atoms with Crippen LogP contribution in [0.2, 0.25) is 0 Å². The Morgan fingerprint density at radius 2 is 2.08 bits per heavy atom. The molecule has 1 atom stereocenters. The molecule has 0 unspecified atom stereocenters. The monoisotopic (exact) mass is 342 g/mol. The first-order valence-corrected chi connectivity index (χ1v) is 8.02. The Kier molecular flexibility index (Phi) is 4.70. The van der Waals surface area contributed by atoms with Crippen LogP contribution in [0.1, 0.15) is 12.5 Å². The summed E-state index contributed by atoms with van der Waals surface area (Å²) in [5.74, 6) is -0.679. The zero-order valence-electron chi connectivity index (χ0n) is 14.1. The molecule has 6 heteroatoms. The van der Waals surface area contributed by atoms with E-state index in [4.69, 9.17) is 4.74 Å². The number of fused-ring (bicyclic) bond motifs is 1. The topological polar surface area (TPSA) is 58.6 Å². The molecule has 0 bridgehead atoms. The molecule has 0 spiro atoms. The predicted molar refractivity (Wildman–Crippen MR) is 93.2 cm³/mol. The smallest absolute Gasteiger partial charge is 0.231 e. The van der Waals surface area contributed by atoms with E-state index >= 15 is 0 Å². The van der Waals surface area contributed by atoms with E-state index in [-0.39, 0.29) is 30.7 Å². The van der Waals surface area contributed by atoms with Crippen molar-refractivity contribution in [1.29, 1.82) is 0 Å². The van der Waals surface area contributed by atoms with Crippen LogP contribution in [0.5, 0.6) is 5.75 Å². The number of ether oxygens (including phenoxy) is 1. The minimum absolute atomic E-state index is 0.0177. The first-order chi connectivity index (χ1) is 12.0. The van der Waals surface area contributed by atoms with Gasteiger partial charge in [0.1, 0.15) is 11.6 Å². The number of nitrogens with zero attached hydrogens (tertiary/aromatic N) is 1. The van der Waals surface area contributed by atoms with Gasteiger partial charge < -0.3 is 15.0 Å². The highest BCUT2D eigenvalue weighted by molar-refractivity contribution is 6.05. The van der Waals surface area contributed by atoms with Crippen LogP contribution in [0.4, 0.5) is 15.8 Å². The lowest BCUT2D eigenvalue weighted by Crippen LogP contribution is -2.36. The average Bonchev–Trinajstić information content (AvgIpc) is 2.72. The molecule has 0 aliphatic carbocycles. The molecule has 130 valence electrons. The summed E-state index contributed by atoms with van der Waals surface area (Å²) < 4.78 is 18.8. The van der Waals surface area contributed by atoms with E-state index in [1.165, 1.54) is 25.3 Å². The molecule has 1 heterocycles. The molecular weight excluding hydrogens is 323 g/mol. The van der Waals surface area contributed by atoms with Crippen LogP contribution in [0.3, 0.4) is 0 Å². The second-order valence-corrected chi connectivity index (χ2v) is 6.04. The molecule has 2 aromatic carbocycles. The predicted octanol–water partition coefficient (Wildman–Crippen LogP) is 3.00. The minimum Gasteiger partial charge on any atom is -0.496 e. The first kappa shape index (κ1) is 17.0. The van der Waals surface area contributed by atoms with Gasteiger partial charge in [-0.3, -0.25) is 9.59 Å². The Bertz CT molecular complexity index is 822. The largest absolute Gasteiger partial charge is 0.496 e. The van der Waals surface area contributed by atoms with Gasteiger partial charge in [-0.25, -0.2) is 4.39 Å². The second-order valence-electron chi connectivity index (χ2n) is 6.04. The van der Waals surface area contributed by atoms with Crippen molar-refractivity contribution in [3.05, 3.63) is 53.8 Å². The van der Waals surface area contributed by atoms with Crippen molar-refractivity contribution >= 4 is 23.2 Å². The van der Waals surface area contributed by atoms with Crippen molar-refractivity contribution in [2.45, 2.75) is 13.3 Å². The Balaban J connectivity index is 1.94. The third-order valence-corrected chi connectivity index (χ3v) is 4.24. The molecule has 0 saturated carbocycles. The van der Waals surface area contributed by atoms with Gasteiger partial charge in [-0.15, -0.1) is 0 Å². The van der Waals surface area contributed by atoms with Gasteiger partial charge >= 0.3 is 0 Å². The molecule has 1 aliphatic rings. The van der Waals surface area contributed by atoms with Gasteiger partial charge in [0.2, 0.25) is 11.8 Å². The van der Waals surface area contributed by atoms with Gasteiger partial charge in [0.25, 0.3) is 0 Å². The highest BCUT2D eigenvalue weighted by Crippen LogP contribution is 2.31. The van der Waals surface area contributed by atoms with E-state index in [9.17, 15) is 14.0 Å². The highest BCUT2D eigenvalue weighted by atomic mass is 19.1. The molecule has 0 saturated heterocycles. The number of hydrogen-bond acceptors (Lipinski definition) is 3. The number of methoxy groups -OCH3 is 1. The minimum atomic E-state index is -0.426. The summed E-state index contributed by atoms with van der Waals surface area (Å²) >= 11 is 0. The highest BCUT2D eigenvalue weighted by Gasteiger charge is 2.28.